The van der Waals surface area contributed by atoms with Gasteiger partial charge in [0.05, 0.1) is 11.7 Å². The molecule has 2 aromatic rings. The fourth-order valence-electron chi connectivity index (χ4n) is 2.29. The Kier molecular flexibility index (Phi) is 4.61. The van der Waals surface area contributed by atoms with Gasteiger partial charge >= 0.3 is 0 Å². The first-order chi connectivity index (χ1) is 9.13. The normalized spacial score (nSPS) is 12.6. The first-order valence-electron chi connectivity index (χ1n) is 6.61. The van der Waals surface area contributed by atoms with Gasteiger partial charge in [0.2, 0.25) is 0 Å². The number of halogens is 1. The van der Waals surface area contributed by atoms with Gasteiger partial charge in [-0.3, -0.25) is 4.68 Å². The van der Waals surface area contributed by atoms with E-state index in [9.17, 15) is 0 Å². The van der Waals surface area contributed by atoms with Crippen LogP contribution >= 0.6 is 11.6 Å². The zero-order valence-electron chi connectivity index (χ0n) is 11.7. The molecule has 1 aromatic heterocycles. The summed E-state index contributed by atoms with van der Waals surface area (Å²) in [6.07, 6.45) is 3.15. The molecular weight excluding hydrogens is 258 g/mol. The molecule has 0 aliphatic rings. The van der Waals surface area contributed by atoms with Crippen LogP contribution in [0.2, 0.25) is 5.02 Å². The molecule has 102 valence electrons. The predicted octanol–water partition coefficient (Wildman–Crippen LogP) is 3.47. The van der Waals surface area contributed by atoms with E-state index in [4.69, 9.17) is 11.6 Å². The maximum absolute atomic E-state index is 6.34. The molecule has 0 fully saturated rings. The van der Waals surface area contributed by atoms with E-state index in [1.54, 1.807) is 0 Å². The quantitative estimate of drug-likeness (QED) is 0.907. The highest BCUT2D eigenvalue weighted by Crippen LogP contribution is 2.29. The van der Waals surface area contributed by atoms with Gasteiger partial charge in [0, 0.05) is 23.8 Å². The number of rotatable bonds is 5. The van der Waals surface area contributed by atoms with Crippen molar-refractivity contribution in [3.05, 3.63) is 52.3 Å². The SMILES string of the molecule is CCCNC(c1ccccc1Cl)c1cn(C)nc1C. The molecule has 3 nitrogen and oxygen atoms in total. The summed E-state index contributed by atoms with van der Waals surface area (Å²) in [5, 5.41) is 8.78. The van der Waals surface area contributed by atoms with Crippen molar-refractivity contribution in [1.29, 1.82) is 0 Å². The summed E-state index contributed by atoms with van der Waals surface area (Å²) in [6, 6.07) is 8.08. The van der Waals surface area contributed by atoms with Crippen LogP contribution in [0.4, 0.5) is 0 Å². The Morgan fingerprint density at radius 3 is 2.63 bits per heavy atom. The Balaban J connectivity index is 2.41. The lowest BCUT2D eigenvalue weighted by Gasteiger charge is -2.19. The van der Waals surface area contributed by atoms with Gasteiger partial charge in [0.25, 0.3) is 0 Å². The van der Waals surface area contributed by atoms with E-state index in [2.05, 4.69) is 29.6 Å². The van der Waals surface area contributed by atoms with Crippen LogP contribution in [0, 0.1) is 6.92 Å². The van der Waals surface area contributed by atoms with E-state index in [0.29, 0.717) is 0 Å². The third-order valence-electron chi connectivity index (χ3n) is 3.18. The second-order valence-corrected chi connectivity index (χ2v) is 5.16. The number of hydrogen-bond donors (Lipinski definition) is 1. The van der Waals surface area contributed by atoms with Crippen LogP contribution in [0.1, 0.15) is 36.2 Å². The zero-order valence-corrected chi connectivity index (χ0v) is 12.4. The third-order valence-corrected chi connectivity index (χ3v) is 3.52. The van der Waals surface area contributed by atoms with Crippen molar-refractivity contribution in [2.45, 2.75) is 26.3 Å². The highest BCUT2D eigenvalue weighted by Gasteiger charge is 2.19. The number of aryl methyl sites for hydroxylation is 2. The molecule has 1 unspecified atom stereocenters. The van der Waals surface area contributed by atoms with E-state index in [-0.39, 0.29) is 6.04 Å². The number of aromatic nitrogens is 2. The molecule has 1 aromatic carbocycles. The molecule has 0 radical (unpaired) electrons. The maximum Gasteiger partial charge on any atom is 0.0644 e. The van der Waals surface area contributed by atoms with Gasteiger partial charge in [0.15, 0.2) is 0 Å². The fraction of sp³-hybridized carbons (Fsp3) is 0.400. The van der Waals surface area contributed by atoms with Crippen LogP contribution in [0.15, 0.2) is 30.5 Å². The molecule has 0 aliphatic heterocycles. The molecule has 4 heteroatoms. The summed E-state index contributed by atoms with van der Waals surface area (Å²) >= 11 is 6.34. The minimum atomic E-state index is 0.0994. The van der Waals surface area contributed by atoms with Gasteiger partial charge in [-0.05, 0) is 31.5 Å². The van der Waals surface area contributed by atoms with Crippen molar-refractivity contribution in [3.63, 3.8) is 0 Å². The zero-order chi connectivity index (χ0) is 13.8. The lowest BCUT2D eigenvalue weighted by Crippen LogP contribution is -2.23. The largest absolute Gasteiger partial charge is 0.306 e. The van der Waals surface area contributed by atoms with Gasteiger partial charge in [-0.1, -0.05) is 36.7 Å². The average molecular weight is 278 g/mol. The number of benzene rings is 1. The topological polar surface area (TPSA) is 29.9 Å². The number of nitrogens with zero attached hydrogens (tertiary/aromatic N) is 2. The van der Waals surface area contributed by atoms with Crippen LogP contribution < -0.4 is 5.32 Å². The van der Waals surface area contributed by atoms with E-state index < -0.39 is 0 Å². The summed E-state index contributed by atoms with van der Waals surface area (Å²) < 4.78 is 1.85. The summed E-state index contributed by atoms with van der Waals surface area (Å²) in [7, 11) is 1.94. The van der Waals surface area contributed by atoms with Gasteiger partial charge in [-0.15, -0.1) is 0 Å². The summed E-state index contributed by atoms with van der Waals surface area (Å²) in [4.78, 5) is 0. The second-order valence-electron chi connectivity index (χ2n) is 4.75. The van der Waals surface area contributed by atoms with E-state index in [1.807, 2.05) is 36.9 Å². The molecular formula is C15H20ClN3. The molecule has 0 saturated heterocycles. The lowest BCUT2D eigenvalue weighted by molar-refractivity contribution is 0.596. The predicted molar refractivity (Wildman–Crippen MR) is 79.5 cm³/mol. The molecule has 1 N–H and O–H groups in total. The molecule has 1 atom stereocenters. The van der Waals surface area contributed by atoms with Gasteiger partial charge in [-0.2, -0.15) is 5.10 Å². The smallest absolute Gasteiger partial charge is 0.0644 e. The van der Waals surface area contributed by atoms with Crippen molar-refractivity contribution >= 4 is 11.6 Å². The Hall–Kier alpha value is -1.32. The van der Waals surface area contributed by atoms with Crippen LogP contribution in [0.25, 0.3) is 0 Å². The third kappa shape index (κ3) is 3.17. The summed E-state index contributed by atoms with van der Waals surface area (Å²) in [5.74, 6) is 0. The Labute approximate surface area is 119 Å². The Morgan fingerprint density at radius 2 is 2.05 bits per heavy atom. The number of hydrogen-bond acceptors (Lipinski definition) is 2. The molecule has 0 saturated carbocycles. The molecule has 1 heterocycles. The van der Waals surface area contributed by atoms with Crippen LogP contribution in [0.5, 0.6) is 0 Å². The highest BCUT2D eigenvalue weighted by molar-refractivity contribution is 6.31. The van der Waals surface area contributed by atoms with Gasteiger partial charge < -0.3 is 5.32 Å². The molecule has 2 rings (SSSR count). The Morgan fingerprint density at radius 1 is 1.32 bits per heavy atom. The summed E-state index contributed by atoms with van der Waals surface area (Å²) in [6.45, 7) is 5.14. The number of nitrogens with one attached hydrogen (secondary N) is 1. The maximum atomic E-state index is 6.34. The molecule has 0 amide bonds. The van der Waals surface area contributed by atoms with Crippen molar-refractivity contribution in [2.75, 3.05) is 6.54 Å². The van der Waals surface area contributed by atoms with Gasteiger partial charge in [0.1, 0.15) is 0 Å². The lowest BCUT2D eigenvalue weighted by atomic mass is 9.99. The average Bonchev–Trinajstić information content (AvgIpc) is 2.71. The molecule has 0 aliphatic carbocycles. The van der Waals surface area contributed by atoms with E-state index in [0.717, 1.165) is 29.2 Å². The first kappa shape index (κ1) is 14.1. The Bertz CT molecular complexity index is 548. The monoisotopic (exact) mass is 277 g/mol. The van der Waals surface area contributed by atoms with E-state index in [1.165, 1.54) is 5.56 Å². The van der Waals surface area contributed by atoms with Crippen molar-refractivity contribution < 1.29 is 0 Å². The van der Waals surface area contributed by atoms with Crippen LogP contribution in [-0.2, 0) is 7.05 Å². The molecule has 19 heavy (non-hydrogen) atoms. The first-order valence-corrected chi connectivity index (χ1v) is 6.99. The fourth-order valence-corrected chi connectivity index (χ4v) is 2.53. The minimum Gasteiger partial charge on any atom is -0.306 e. The summed E-state index contributed by atoms with van der Waals surface area (Å²) in [5.41, 5.74) is 3.33. The van der Waals surface area contributed by atoms with Crippen molar-refractivity contribution in [3.8, 4) is 0 Å². The highest BCUT2D eigenvalue weighted by atomic mass is 35.5. The van der Waals surface area contributed by atoms with E-state index >= 15 is 0 Å². The minimum absolute atomic E-state index is 0.0994. The van der Waals surface area contributed by atoms with Crippen LogP contribution in [-0.4, -0.2) is 16.3 Å². The van der Waals surface area contributed by atoms with Crippen molar-refractivity contribution in [1.82, 2.24) is 15.1 Å². The van der Waals surface area contributed by atoms with Crippen LogP contribution in [0.3, 0.4) is 0 Å². The van der Waals surface area contributed by atoms with Crippen molar-refractivity contribution in [2.24, 2.45) is 7.05 Å². The molecule has 0 spiro atoms. The second kappa shape index (κ2) is 6.22. The standard InChI is InChI=1S/C15H20ClN3/c1-4-9-17-15(12-7-5-6-8-14(12)16)13-10-19(3)18-11(13)2/h5-8,10,15,17H,4,9H2,1-3H3. The van der Waals surface area contributed by atoms with Gasteiger partial charge in [-0.25, -0.2) is 0 Å². The molecule has 0 bridgehead atoms.